The highest BCUT2D eigenvalue weighted by molar-refractivity contribution is 5.88. The lowest BCUT2D eigenvalue weighted by atomic mass is 10.2. The smallest absolute Gasteiger partial charge is 0.335 e. The SMILES string of the molecule is Nc1nc2ncc(CCNc3ccc(C(=O)O)cc3)nc2c(=O)[nH]1. The number of nitrogen functional groups attached to an aromatic ring is 1. The quantitative estimate of drug-likeness (QED) is 0.534. The monoisotopic (exact) mass is 326 g/mol. The van der Waals surface area contributed by atoms with E-state index in [1.54, 1.807) is 18.3 Å². The number of fused-ring (bicyclic) bond motifs is 1. The number of carboxylic acid groups (broad SMARTS) is 1. The lowest BCUT2D eigenvalue weighted by Crippen LogP contribution is -2.15. The number of H-pyrrole nitrogens is 1. The van der Waals surface area contributed by atoms with Crippen molar-refractivity contribution >= 4 is 28.8 Å². The van der Waals surface area contributed by atoms with E-state index >= 15 is 0 Å². The molecule has 1 aromatic carbocycles. The summed E-state index contributed by atoms with van der Waals surface area (Å²) in [5.74, 6) is -0.964. The van der Waals surface area contributed by atoms with Gasteiger partial charge in [0.05, 0.1) is 17.5 Å². The van der Waals surface area contributed by atoms with Gasteiger partial charge < -0.3 is 16.2 Å². The van der Waals surface area contributed by atoms with Crippen molar-refractivity contribution in [3.63, 3.8) is 0 Å². The summed E-state index contributed by atoms with van der Waals surface area (Å²) in [6.07, 6.45) is 2.08. The van der Waals surface area contributed by atoms with Gasteiger partial charge in [-0.25, -0.2) is 14.8 Å². The molecule has 3 aromatic rings. The fourth-order valence-electron chi connectivity index (χ4n) is 2.16. The van der Waals surface area contributed by atoms with Crippen molar-refractivity contribution in [1.82, 2.24) is 19.9 Å². The Kier molecular flexibility index (Phi) is 4.06. The van der Waals surface area contributed by atoms with Gasteiger partial charge in [-0.3, -0.25) is 9.78 Å². The highest BCUT2D eigenvalue weighted by Crippen LogP contribution is 2.10. The van der Waals surface area contributed by atoms with E-state index in [0.717, 1.165) is 5.69 Å². The van der Waals surface area contributed by atoms with Crippen LogP contribution in [0.1, 0.15) is 16.1 Å². The number of hydrogen-bond acceptors (Lipinski definition) is 7. The summed E-state index contributed by atoms with van der Waals surface area (Å²) in [7, 11) is 0. The number of nitrogens with one attached hydrogen (secondary N) is 2. The summed E-state index contributed by atoms with van der Waals surface area (Å²) in [4.78, 5) is 37.2. The fraction of sp³-hybridized carbons (Fsp3) is 0.133. The summed E-state index contributed by atoms with van der Waals surface area (Å²) < 4.78 is 0. The number of rotatable bonds is 5. The summed E-state index contributed by atoms with van der Waals surface area (Å²) >= 11 is 0. The Morgan fingerprint density at radius 1 is 1.25 bits per heavy atom. The third-order valence-electron chi connectivity index (χ3n) is 3.33. The van der Waals surface area contributed by atoms with Gasteiger partial charge in [0.25, 0.3) is 5.56 Å². The molecule has 9 heteroatoms. The van der Waals surface area contributed by atoms with Gasteiger partial charge in [-0.15, -0.1) is 0 Å². The van der Waals surface area contributed by atoms with Crippen LogP contribution in [0.15, 0.2) is 35.3 Å². The van der Waals surface area contributed by atoms with Crippen LogP contribution in [0.5, 0.6) is 0 Å². The molecule has 2 heterocycles. The van der Waals surface area contributed by atoms with E-state index in [0.29, 0.717) is 18.7 Å². The van der Waals surface area contributed by atoms with E-state index in [9.17, 15) is 9.59 Å². The summed E-state index contributed by atoms with van der Waals surface area (Å²) in [5, 5.41) is 12.0. The molecule has 5 N–H and O–H groups in total. The third kappa shape index (κ3) is 3.29. The Morgan fingerprint density at radius 2 is 2.00 bits per heavy atom. The lowest BCUT2D eigenvalue weighted by Gasteiger charge is -2.06. The first-order chi connectivity index (χ1) is 11.5. The molecule has 0 aliphatic heterocycles. The van der Waals surface area contributed by atoms with E-state index in [2.05, 4.69) is 25.3 Å². The maximum absolute atomic E-state index is 11.8. The predicted octanol–water partition coefficient (Wildman–Crippen LogP) is 0.648. The molecule has 0 atom stereocenters. The molecule has 0 unspecified atom stereocenters. The molecular formula is C15H14N6O3. The maximum atomic E-state index is 11.8. The van der Waals surface area contributed by atoms with Crippen molar-refractivity contribution in [3.8, 4) is 0 Å². The molecule has 0 fully saturated rings. The Morgan fingerprint density at radius 3 is 2.71 bits per heavy atom. The van der Waals surface area contributed by atoms with Gasteiger partial charge in [-0.05, 0) is 24.3 Å². The van der Waals surface area contributed by atoms with E-state index in [4.69, 9.17) is 10.8 Å². The minimum atomic E-state index is -0.965. The molecule has 0 spiro atoms. The van der Waals surface area contributed by atoms with Crippen LogP contribution < -0.4 is 16.6 Å². The highest BCUT2D eigenvalue weighted by atomic mass is 16.4. The average molecular weight is 326 g/mol. The van der Waals surface area contributed by atoms with Crippen molar-refractivity contribution < 1.29 is 9.90 Å². The Hall–Kier alpha value is -3.49. The second-order valence-electron chi connectivity index (χ2n) is 5.04. The lowest BCUT2D eigenvalue weighted by molar-refractivity contribution is 0.0697. The average Bonchev–Trinajstić information content (AvgIpc) is 2.55. The zero-order valence-corrected chi connectivity index (χ0v) is 12.5. The predicted molar refractivity (Wildman–Crippen MR) is 88.0 cm³/mol. The largest absolute Gasteiger partial charge is 0.478 e. The first-order valence-corrected chi connectivity index (χ1v) is 7.11. The van der Waals surface area contributed by atoms with E-state index in [-0.39, 0.29) is 22.7 Å². The van der Waals surface area contributed by atoms with E-state index < -0.39 is 11.5 Å². The Bertz CT molecular complexity index is 952. The molecule has 3 rings (SSSR count). The molecule has 9 nitrogen and oxygen atoms in total. The number of benzene rings is 1. The normalized spacial score (nSPS) is 10.7. The van der Waals surface area contributed by atoms with Crippen molar-refractivity contribution in [2.75, 3.05) is 17.6 Å². The molecule has 0 amide bonds. The van der Waals surface area contributed by atoms with Crippen LogP contribution in [0.4, 0.5) is 11.6 Å². The van der Waals surface area contributed by atoms with Crippen LogP contribution >= 0.6 is 0 Å². The maximum Gasteiger partial charge on any atom is 0.335 e. The molecule has 0 aliphatic rings. The summed E-state index contributed by atoms with van der Waals surface area (Å²) in [6.45, 7) is 0.549. The third-order valence-corrected chi connectivity index (χ3v) is 3.33. The molecule has 122 valence electrons. The first-order valence-electron chi connectivity index (χ1n) is 7.11. The number of carbonyl (C=O) groups is 1. The van der Waals surface area contributed by atoms with Gasteiger partial charge >= 0.3 is 5.97 Å². The molecule has 24 heavy (non-hydrogen) atoms. The molecule has 0 aliphatic carbocycles. The van der Waals surface area contributed by atoms with Gasteiger partial charge in [0, 0.05) is 18.7 Å². The number of aromatic carboxylic acids is 1. The van der Waals surface area contributed by atoms with Gasteiger partial charge in [0.2, 0.25) is 5.95 Å². The van der Waals surface area contributed by atoms with Crippen LogP contribution in [0, 0.1) is 0 Å². The van der Waals surface area contributed by atoms with Gasteiger partial charge in [0.1, 0.15) is 0 Å². The Labute approximate surface area is 135 Å². The van der Waals surface area contributed by atoms with Crippen LogP contribution in [-0.4, -0.2) is 37.6 Å². The van der Waals surface area contributed by atoms with Gasteiger partial charge in [-0.1, -0.05) is 0 Å². The first kappa shape index (κ1) is 15.4. The number of aromatic nitrogens is 4. The standard InChI is InChI=1S/C15H14N6O3/c16-15-20-12-11(13(22)21-15)19-10(7-18-12)5-6-17-9-3-1-8(2-4-9)14(23)24/h1-4,7,17H,5-6H2,(H,23,24)(H3,16,18,20,21,22). The summed E-state index contributed by atoms with van der Waals surface area (Å²) in [5.41, 5.74) is 7.04. The van der Waals surface area contributed by atoms with Gasteiger partial charge in [-0.2, -0.15) is 4.98 Å². The molecule has 0 radical (unpaired) electrons. The van der Waals surface area contributed by atoms with Crippen molar-refractivity contribution in [2.45, 2.75) is 6.42 Å². The topological polar surface area (TPSA) is 147 Å². The number of nitrogens with zero attached hydrogens (tertiary/aromatic N) is 3. The number of anilines is 2. The second kappa shape index (κ2) is 6.32. The number of aromatic amines is 1. The van der Waals surface area contributed by atoms with Crippen molar-refractivity contribution in [1.29, 1.82) is 0 Å². The summed E-state index contributed by atoms with van der Waals surface area (Å²) in [6, 6.07) is 6.42. The Balaban J connectivity index is 1.67. The fourth-order valence-corrected chi connectivity index (χ4v) is 2.16. The minimum absolute atomic E-state index is 0.000949. The number of carboxylic acids is 1. The van der Waals surface area contributed by atoms with Crippen LogP contribution in [-0.2, 0) is 6.42 Å². The molecule has 0 saturated carbocycles. The number of nitrogens with two attached hydrogens (primary N) is 1. The van der Waals surface area contributed by atoms with Gasteiger partial charge in [0.15, 0.2) is 11.2 Å². The van der Waals surface area contributed by atoms with E-state index in [1.165, 1.54) is 12.1 Å². The molecule has 0 bridgehead atoms. The minimum Gasteiger partial charge on any atom is -0.478 e. The molecular weight excluding hydrogens is 312 g/mol. The zero-order valence-electron chi connectivity index (χ0n) is 12.5. The second-order valence-corrected chi connectivity index (χ2v) is 5.04. The molecule has 0 saturated heterocycles. The molecule has 2 aromatic heterocycles. The van der Waals surface area contributed by atoms with Crippen LogP contribution in [0.2, 0.25) is 0 Å². The van der Waals surface area contributed by atoms with Crippen molar-refractivity contribution in [3.05, 3.63) is 52.1 Å². The number of hydrogen-bond donors (Lipinski definition) is 4. The van der Waals surface area contributed by atoms with E-state index in [1.807, 2.05) is 0 Å². The van der Waals surface area contributed by atoms with Crippen molar-refractivity contribution in [2.24, 2.45) is 0 Å². The van der Waals surface area contributed by atoms with Crippen LogP contribution in [0.25, 0.3) is 11.2 Å². The van der Waals surface area contributed by atoms with Crippen LogP contribution in [0.3, 0.4) is 0 Å². The highest BCUT2D eigenvalue weighted by Gasteiger charge is 2.07. The zero-order chi connectivity index (χ0) is 17.1.